The van der Waals surface area contributed by atoms with Crippen LogP contribution in [0.15, 0.2) is 84.9 Å². The van der Waals surface area contributed by atoms with E-state index in [1.54, 1.807) is 0 Å². The highest BCUT2D eigenvalue weighted by Crippen LogP contribution is 2.18. The molecule has 1 amide bonds. The largest absolute Gasteiger partial charge is 0.345 e. The van der Waals surface area contributed by atoms with Crippen LogP contribution in [0, 0.1) is 6.92 Å². The molecule has 4 N–H and O–H groups in total. The highest BCUT2D eigenvalue weighted by atomic mass is 16.1. The van der Waals surface area contributed by atoms with E-state index in [9.17, 15) is 4.79 Å². The third-order valence-electron chi connectivity index (χ3n) is 4.40. The van der Waals surface area contributed by atoms with Gasteiger partial charge < -0.3 is 21.3 Å². The monoisotopic (exact) mass is 425 g/mol. The molecule has 0 spiro atoms. The number of hydrogen-bond donors (Lipinski definition) is 4. The minimum absolute atomic E-state index is 0.00745. The summed E-state index contributed by atoms with van der Waals surface area (Å²) < 4.78 is 0. The van der Waals surface area contributed by atoms with Crippen molar-refractivity contribution >= 4 is 40.8 Å². The van der Waals surface area contributed by atoms with Gasteiger partial charge in [-0.05, 0) is 48.9 Å². The third-order valence-corrected chi connectivity index (χ3v) is 4.40. The van der Waals surface area contributed by atoms with Crippen LogP contribution in [0.3, 0.4) is 0 Å². The molecular formula is C24H23N7O. The van der Waals surface area contributed by atoms with Gasteiger partial charge in [-0.2, -0.15) is 15.0 Å². The van der Waals surface area contributed by atoms with Crippen LogP contribution < -0.4 is 21.3 Å². The number of nitrogens with one attached hydrogen (secondary N) is 4. The van der Waals surface area contributed by atoms with Crippen molar-refractivity contribution < 1.29 is 4.79 Å². The van der Waals surface area contributed by atoms with Crippen LogP contribution in [0.2, 0.25) is 0 Å². The fourth-order valence-electron chi connectivity index (χ4n) is 2.96. The molecular weight excluding hydrogens is 402 g/mol. The number of benzene rings is 3. The van der Waals surface area contributed by atoms with E-state index in [-0.39, 0.29) is 18.4 Å². The van der Waals surface area contributed by atoms with Crippen LogP contribution in [0.25, 0.3) is 0 Å². The van der Waals surface area contributed by atoms with Gasteiger partial charge in [0.05, 0.1) is 6.54 Å². The highest BCUT2D eigenvalue weighted by molar-refractivity contribution is 5.93. The van der Waals surface area contributed by atoms with Gasteiger partial charge in [-0.3, -0.25) is 4.79 Å². The van der Waals surface area contributed by atoms with E-state index < -0.39 is 0 Å². The fourth-order valence-corrected chi connectivity index (χ4v) is 2.96. The van der Waals surface area contributed by atoms with Gasteiger partial charge in [0.15, 0.2) is 0 Å². The second-order valence-electron chi connectivity index (χ2n) is 7.06. The molecule has 0 aliphatic heterocycles. The molecule has 4 aromatic rings. The first-order valence-electron chi connectivity index (χ1n) is 10.1. The molecule has 0 saturated heterocycles. The van der Waals surface area contributed by atoms with E-state index in [0.29, 0.717) is 11.9 Å². The van der Waals surface area contributed by atoms with Gasteiger partial charge in [-0.25, -0.2) is 0 Å². The minimum atomic E-state index is -0.203. The van der Waals surface area contributed by atoms with Crippen LogP contribution in [-0.2, 0) is 4.79 Å². The SMILES string of the molecule is Cc1cccc(NC(=O)CNc2nc(Nc3ccccc3)nc(Nc3ccccc3)n2)c1. The Morgan fingerprint density at radius 2 is 1.22 bits per heavy atom. The smallest absolute Gasteiger partial charge is 0.243 e. The quantitative estimate of drug-likeness (QED) is 0.324. The van der Waals surface area contributed by atoms with E-state index in [0.717, 1.165) is 22.6 Å². The minimum Gasteiger partial charge on any atom is -0.345 e. The van der Waals surface area contributed by atoms with Crippen molar-refractivity contribution in [3.63, 3.8) is 0 Å². The molecule has 0 radical (unpaired) electrons. The number of carbonyl (C=O) groups is 1. The zero-order valence-electron chi connectivity index (χ0n) is 17.5. The van der Waals surface area contributed by atoms with Gasteiger partial charge in [-0.15, -0.1) is 0 Å². The second-order valence-corrected chi connectivity index (χ2v) is 7.06. The number of aromatic nitrogens is 3. The summed E-state index contributed by atoms with van der Waals surface area (Å²) in [7, 11) is 0. The topological polar surface area (TPSA) is 104 Å². The molecule has 4 rings (SSSR count). The summed E-state index contributed by atoms with van der Waals surface area (Å²) in [5, 5.41) is 12.2. The number of anilines is 6. The average molecular weight is 425 g/mol. The number of hydrogen-bond acceptors (Lipinski definition) is 7. The first-order valence-corrected chi connectivity index (χ1v) is 10.1. The lowest BCUT2D eigenvalue weighted by atomic mass is 10.2. The number of aryl methyl sites for hydroxylation is 1. The van der Waals surface area contributed by atoms with Crippen LogP contribution in [0.4, 0.5) is 34.9 Å². The Balaban J connectivity index is 1.49. The van der Waals surface area contributed by atoms with Gasteiger partial charge in [0.2, 0.25) is 23.8 Å². The second kappa shape index (κ2) is 10.0. The van der Waals surface area contributed by atoms with E-state index in [1.165, 1.54) is 0 Å². The molecule has 0 bridgehead atoms. The number of amides is 1. The molecule has 0 saturated carbocycles. The van der Waals surface area contributed by atoms with Crippen molar-refractivity contribution in [2.24, 2.45) is 0 Å². The van der Waals surface area contributed by atoms with Gasteiger partial charge in [0.25, 0.3) is 0 Å². The Morgan fingerprint density at radius 3 is 1.78 bits per heavy atom. The number of carbonyl (C=O) groups excluding carboxylic acids is 1. The maximum absolute atomic E-state index is 12.4. The Hall–Kier alpha value is -4.46. The lowest BCUT2D eigenvalue weighted by Gasteiger charge is -2.12. The summed E-state index contributed by atoms with van der Waals surface area (Å²) >= 11 is 0. The molecule has 0 aliphatic carbocycles. The summed E-state index contributed by atoms with van der Waals surface area (Å²) in [4.78, 5) is 25.6. The Labute approximate surface area is 186 Å². The van der Waals surface area contributed by atoms with Gasteiger partial charge >= 0.3 is 0 Å². The molecule has 0 atom stereocenters. The molecule has 1 heterocycles. The van der Waals surface area contributed by atoms with Crippen LogP contribution in [-0.4, -0.2) is 27.4 Å². The van der Waals surface area contributed by atoms with Gasteiger partial charge in [0, 0.05) is 17.1 Å². The van der Waals surface area contributed by atoms with Crippen molar-refractivity contribution in [3.05, 3.63) is 90.5 Å². The molecule has 8 heteroatoms. The van der Waals surface area contributed by atoms with E-state index in [2.05, 4.69) is 36.2 Å². The first-order chi connectivity index (χ1) is 15.6. The van der Waals surface area contributed by atoms with Crippen molar-refractivity contribution in [2.45, 2.75) is 6.92 Å². The van der Waals surface area contributed by atoms with Gasteiger partial charge in [-0.1, -0.05) is 48.5 Å². The summed E-state index contributed by atoms with van der Waals surface area (Å²) in [6.45, 7) is 1.98. The van der Waals surface area contributed by atoms with Crippen molar-refractivity contribution in [1.29, 1.82) is 0 Å². The van der Waals surface area contributed by atoms with E-state index >= 15 is 0 Å². The predicted octanol–water partition coefficient (Wildman–Crippen LogP) is 4.72. The predicted molar refractivity (Wildman–Crippen MR) is 128 cm³/mol. The molecule has 1 aromatic heterocycles. The molecule has 8 nitrogen and oxygen atoms in total. The highest BCUT2D eigenvalue weighted by Gasteiger charge is 2.10. The zero-order valence-corrected chi connectivity index (χ0v) is 17.5. The van der Waals surface area contributed by atoms with Crippen molar-refractivity contribution in [1.82, 2.24) is 15.0 Å². The summed E-state index contributed by atoms with van der Waals surface area (Å²) in [5.41, 5.74) is 3.49. The Morgan fingerprint density at radius 1 is 0.688 bits per heavy atom. The van der Waals surface area contributed by atoms with Crippen LogP contribution >= 0.6 is 0 Å². The maximum Gasteiger partial charge on any atom is 0.243 e. The molecule has 0 unspecified atom stereocenters. The van der Waals surface area contributed by atoms with Gasteiger partial charge in [0.1, 0.15) is 0 Å². The molecule has 0 aliphatic rings. The van der Waals surface area contributed by atoms with Crippen molar-refractivity contribution in [2.75, 3.05) is 27.8 Å². The molecule has 32 heavy (non-hydrogen) atoms. The summed E-state index contributed by atoms with van der Waals surface area (Å²) in [6, 6.07) is 26.8. The van der Waals surface area contributed by atoms with Crippen LogP contribution in [0.5, 0.6) is 0 Å². The Kier molecular flexibility index (Phi) is 6.52. The fraction of sp³-hybridized carbons (Fsp3) is 0.0833. The molecule has 3 aromatic carbocycles. The van der Waals surface area contributed by atoms with E-state index in [1.807, 2.05) is 91.9 Å². The summed E-state index contributed by atoms with van der Waals surface area (Å²) in [6.07, 6.45) is 0. The first kappa shape index (κ1) is 20.8. The molecule has 0 fully saturated rings. The lowest BCUT2D eigenvalue weighted by Crippen LogP contribution is -2.23. The zero-order chi connectivity index (χ0) is 22.2. The van der Waals surface area contributed by atoms with Crippen LogP contribution in [0.1, 0.15) is 5.56 Å². The third kappa shape index (κ3) is 6.02. The number of nitrogens with zero attached hydrogens (tertiary/aromatic N) is 3. The summed E-state index contributed by atoms with van der Waals surface area (Å²) in [5.74, 6) is 0.778. The number of para-hydroxylation sites is 2. The standard InChI is InChI=1S/C24H23N7O/c1-17-9-8-14-20(15-17)26-21(32)16-25-22-29-23(27-18-10-4-2-5-11-18)31-24(30-22)28-19-12-6-3-7-13-19/h2-15H,16H2,1H3,(H,26,32)(H3,25,27,28,29,30,31). The van der Waals surface area contributed by atoms with E-state index in [4.69, 9.17) is 0 Å². The Bertz CT molecular complexity index is 1120. The lowest BCUT2D eigenvalue weighted by molar-refractivity contribution is -0.114. The maximum atomic E-state index is 12.4. The van der Waals surface area contributed by atoms with Crippen molar-refractivity contribution in [3.8, 4) is 0 Å². The normalized spacial score (nSPS) is 10.3. The average Bonchev–Trinajstić information content (AvgIpc) is 2.79. The molecule has 160 valence electrons. The number of rotatable bonds is 8.